The molecule has 1 fully saturated rings. The molecule has 1 aromatic rings. The van der Waals surface area contributed by atoms with Gasteiger partial charge in [0.1, 0.15) is 0 Å². The minimum absolute atomic E-state index is 0.0352. The van der Waals surface area contributed by atoms with Crippen molar-refractivity contribution in [1.29, 1.82) is 0 Å². The average molecular weight is 361 g/mol. The van der Waals surface area contributed by atoms with Crippen molar-refractivity contribution >= 4 is 31.6 Å². The molecule has 0 amide bonds. The highest BCUT2D eigenvalue weighted by molar-refractivity contribution is 9.10. The zero-order valence-corrected chi connectivity index (χ0v) is 14.5. The maximum absolute atomic E-state index is 12.9. The Labute approximate surface area is 129 Å². The van der Waals surface area contributed by atoms with Gasteiger partial charge in [0.15, 0.2) is 0 Å². The van der Waals surface area contributed by atoms with Crippen molar-refractivity contribution < 1.29 is 8.42 Å². The number of aryl methyl sites for hydroxylation is 1. The van der Waals surface area contributed by atoms with Crippen LogP contribution in [0.1, 0.15) is 38.7 Å². The third-order valence-electron chi connectivity index (χ3n) is 3.96. The van der Waals surface area contributed by atoms with Gasteiger partial charge in [-0.15, -0.1) is 0 Å². The number of nitrogens with two attached hydrogens (primary N) is 1. The first kappa shape index (κ1) is 15.8. The monoisotopic (exact) mass is 360 g/mol. The van der Waals surface area contributed by atoms with E-state index in [0.29, 0.717) is 10.6 Å². The molecule has 0 saturated carbocycles. The van der Waals surface area contributed by atoms with E-state index in [2.05, 4.69) is 15.9 Å². The zero-order valence-electron chi connectivity index (χ0n) is 12.1. The number of hydrogen-bond acceptors (Lipinski definition) is 3. The van der Waals surface area contributed by atoms with E-state index in [4.69, 9.17) is 5.73 Å². The molecule has 0 aromatic heterocycles. The molecule has 112 valence electrons. The lowest BCUT2D eigenvalue weighted by atomic mass is 10.0. The lowest BCUT2D eigenvalue weighted by Gasteiger charge is -2.38. The molecule has 2 unspecified atom stereocenters. The van der Waals surface area contributed by atoms with Gasteiger partial charge in [0.2, 0.25) is 10.0 Å². The standard InChI is InChI=1S/C14H21BrN2O2S/c1-9-7-12(15)13(16)8-14(9)20(18,19)17-10(2)5-4-6-11(17)3/h7-8,10-11H,4-6,16H2,1-3H3. The van der Waals surface area contributed by atoms with Gasteiger partial charge in [0.25, 0.3) is 0 Å². The van der Waals surface area contributed by atoms with Crippen LogP contribution in [0.5, 0.6) is 0 Å². The molecule has 6 heteroatoms. The summed E-state index contributed by atoms with van der Waals surface area (Å²) in [6.45, 7) is 5.76. The Morgan fingerprint density at radius 3 is 2.35 bits per heavy atom. The molecule has 1 heterocycles. The fraction of sp³-hybridized carbons (Fsp3) is 0.571. The number of rotatable bonds is 2. The number of nitrogens with zero attached hydrogens (tertiary/aromatic N) is 1. The Balaban J connectivity index is 2.52. The predicted molar refractivity (Wildman–Crippen MR) is 85.1 cm³/mol. The highest BCUT2D eigenvalue weighted by Gasteiger charge is 2.36. The Morgan fingerprint density at radius 1 is 1.25 bits per heavy atom. The van der Waals surface area contributed by atoms with Crippen molar-refractivity contribution in [2.75, 3.05) is 5.73 Å². The van der Waals surface area contributed by atoms with Crippen LogP contribution in [0.2, 0.25) is 0 Å². The van der Waals surface area contributed by atoms with E-state index in [1.165, 1.54) is 0 Å². The summed E-state index contributed by atoms with van der Waals surface area (Å²) >= 11 is 3.33. The first-order chi connectivity index (χ1) is 9.25. The topological polar surface area (TPSA) is 63.4 Å². The molecule has 0 aliphatic carbocycles. The lowest BCUT2D eigenvalue weighted by Crippen LogP contribution is -2.47. The van der Waals surface area contributed by atoms with Crippen molar-refractivity contribution in [3.05, 3.63) is 22.2 Å². The van der Waals surface area contributed by atoms with Crippen LogP contribution in [-0.4, -0.2) is 24.8 Å². The zero-order chi connectivity index (χ0) is 15.1. The van der Waals surface area contributed by atoms with Crippen molar-refractivity contribution in [1.82, 2.24) is 4.31 Å². The summed E-state index contributed by atoms with van der Waals surface area (Å²) < 4.78 is 28.3. The Morgan fingerprint density at radius 2 is 1.80 bits per heavy atom. The largest absolute Gasteiger partial charge is 0.398 e. The Hall–Kier alpha value is -0.590. The van der Waals surface area contributed by atoms with E-state index in [9.17, 15) is 8.42 Å². The Kier molecular flexibility index (Phi) is 4.47. The second-order valence-electron chi connectivity index (χ2n) is 5.60. The van der Waals surface area contributed by atoms with Gasteiger partial charge in [-0.3, -0.25) is 0 Å². The van der Waals surface area contributed by atoms with E-state index in [1.54, 1.807) is 23.4 Å². The van der Waals surface area contributed by atoms with Gasteiger partial charge in [-0.05, 0) is 67.2 Å². The molecule has 1 aliphatic heterocycles. The van der Waals surface area contributed by atoms with Gasteiger partial charge >= 0.3 is 0 Å². The molecule has 1 aliphatic rings. The Bertz CT molecular complexity index is 606. The highest BCUT2D eigenvalue weighted by Crippen LogP contribution is 2.33. The molecular formula is C14H21BrN2O2S. The maximum Gasteiger partial charge on any atom is 0.243 e. The molecule has 0 spiro atoms. The fourth-order valence-corrected chi connectivity index (χ4v) is 5.52. The lowest BCUT2D eigenvalue weighted by molar-refractivity contribution is 0.204. The van der Waals surface area contributed by atoms with Crippen LogP contribution in [0.3, 0.4) is 0 Å². The van der Waals surface area contributed by atoms with Crippen molar-refractivity contribution in [3.8, 4) is 0 Å². The number of nitrogen functional groups attached to an aromatic ring is 1. The first-order valence-corrected chi connectivity index (χ1v) is 9.07. The summed E-state index contributed by atoms with van der Waals surface area (Å²) in [6.07, 6.45) is 2.90. The number of halogens is 1. The summed E-state index contributed by atoms with van der Waals surface area (Å²) in [5, 5.41) is 0. The molecule has 1 aromatic carbocycles. The normalized spacial score (nSPS) is 24.8. The third kappa shape index (κ3) is 2.73. The number of sulfonamides is 1. The molecule has 0 radical (unpaired) electrons. The molecule has 2 N–H and O–H groups in total. The van der Waals surface area contributed by atoms with E-state index < -0.39 is 10.0 Å². The van der Waals surface area contributed by atoms with E-state index in [0.717, 1.165) is 29.3 Å². The van der Waals surface area contributed by atoms with Crippen LogP contribution in [0, 0.1) is 6.92 Å². The van der Waals surface area contributed by atoms with Crippen LogP contribution >= 0.6 is 15.9 Å². The number of benzene rings is 1. The molecule has 20 heavy (non-hydrogen) atoms. The van der Waals surface area contributed by atoms with Gasteiger partial charge in [0.05, 0.1) is 4.90 Å². The first-order valence-electron chi connectivity index (χ1n) is 6.84. The highest BCUT2D eigenvalue weighted by atomic mass is 79.9. The van der Waals surface area contributed by atoms with Crippen LogP contribution in [-0.2, 0) is 10.0 Å². The SMILES string of the molecule is Cc1cc(Br)c(N)cc1S(=O)(=O)N1C(C)CCCC1C. The predicted octanol–water partition coefficient (Wildman–Crippen LogP) is 3.29. The van der Waals surface area contributed by atoms with Crippen LogP contribution in [0.15, 0.2) is 21.5 Å². The second-order valence-corrected chi connectivity index (χ2v) is 8.27. The number of piperidine rings is 1. The summed E-state index contributed by atoms with van der Waals surface area (Å²) in [7, 11) is -3.50. The maximum atomic E-state index is 12.9. The molecule has 4 nitrogen and oxygen atoms in total. The minimum atomic E-state index is -3.50. The summed E-state index contributed by atoms with van der Waals surface area (Å²) in [5.74, 6) is 0. The van der Waals surface area contributed by atoms with E-state index in [1.807, 2.05) is 13.8 Å². The second kappa shape index (κ2) is 5.66. The van der Waals surface area contributed by atoms with Gasteiger partial charge in [0, 0.05) is 22.2 Å². The summed E-state index contributed by atoms with van der Waals surface area (Å²) in [6, 6.07) is 3.39. The van der Waals surface area contributed by atoms with Crippen LogP contribution in [0.25, 0.3) is 0 Å². The molecule has 2 rings (SSSR count). The number of hydrogen-bond donors (Lipinski definition) is 1. The van der Waals surface area contributed by atoms with Crippen molar-refractivity contribution in [3.63, 3.8) is 0 Å². The van der Waals surface area contributed by atoms with Gasteiger partial charge in [-0.2, -0.15) is 4.31 Å². The van der Waals surface area contributed by atoms with Gasteiger partial charge < -0.3 is 5.73 Å². The van der Waals surface area contributed by atoms with Crippen molar-refractivity contribution in [2.45, 2.75) is 57.0 Å². The average Bonchev–Trinajstić information content (AvgIpc) is 2.33. The molecule has 1 saturated heterocycles. The number of anilines is 1. The van der Waals surface area contributed by atoms with Crippen molar-refractivity contribution in [2.24, 2.45) is 0 Å². The third-order valence-corrected chi connectivity index (χ3v) is 6.92. The summed E-state index contributed by atoms with van der Waals surface area (Å²) in [4.78, 5) is 0.318. The molecule has 0 bridgehead atoms. The van der Waals surface area contributed by atoms with E-state index >= 15 is 0 Å². The molecule has 2 atom stereocenters. The quantitative estimate of drug-likeness (QED) is 0.823. The minimum Gasteiger partial charge on any atom is -0.398 e. The van der Waals surface area contributed by atoms with Crippen LogP contribution < -0.4 is 5.73 Å². The van der Waals surface area contributed by atoms with Gasteiger partial charge in [-0.25, -0.2) is 8.42 Å². The summed E-state index contributed by atoms with van der Waals surface area (Å²) in [5.41, 5.74) is 7.02. The van der Waals surface area contributed by atoms with Gasteiger partial charge in [-0.1, -0.05) is 6.42 Å². The molecular weight excluding hydrogens is 340 g/mol. The van der Waals surface area contributed by atoms with Crippen LogP contribution in [0.4, 0.5) is 5.69 Å². The smallest absolute Gasteiger partial charge is 0.243 e. The fourth-order valence-electron chi connectivity index (χ4n) is 2.93. The van der Waals surface area contributed by atoms with E-state index in [-0.39, 0.29) is 12.1 Å².